The zero-order valence-electron chi connectivity index (χ0n) is 9.37. The van der Waals surface area contributed by atoms with E-state index in [1.807, 2.05) is 13.8 Å². The number of rotatable bonds is 5. The van der Waals surface area contributed by atoms with Crippen molar-refractivity contribution < 1.29 is 9.00 Å². The molecule has 4 nitrogen and oxygen atoms in total. The van der Waals surface area contributed by atoms with E-state index in [9.17, 15) is 9.00 Å². The predicted octanol–water partition coefficient (Wildman–Crippen LogP) is 0.805. The number of carbonyl (C=O) groups is 1. The van der Waals surface area contributed by atoms with Gasteiger partial charge in [0.05, 0.1) is 0 Å². The van der Waals surface area contributed by atoms with Gasteiger partial charge in [-0.15, -0.1) is 0 Å². The average molecular weight is 220 g/mol. The zero-order valence-corrected chi connectivity index (χ0v) is 10.2. The predicted molar refractivity (Wildman–Crippen MR) is 59.8 cm³/mol. The standard InChI is InChI=1S/C9H20N2O2S/c1-5-11(3)9(12)10-7-6-8(2)14(4)13/h8H,5-7H2,1-4H3,(H,10,12). The normalized spacial score (nSPS) is 14.6. The molecule has 0 saturated heterocycles. The number of nitrogens with zero attached hydrogens (tertiary/aromatic N) is 1. The van der Waals surface area contributed by atoms with Crippen LogP contribution in [0.1, 0.15) is 20.3 Å². The molecule has 5 heteroatoms. The summed E-state index contributed by atoms with van der Waals surface area (Å²) >= 11 is 0. The topological polar surface area (TPSA) is 49.4 Å². The fraction of sp³-hybridized carbons (Fsp3) is 0.889. The van der Waals surface area contributed by atoms with Gasteiger partial charge in [-0.3, -0.25) is 4.21 Å². The molecular formula is C9H20N2O2S. The average Bonchev–Trinajstić information content (AvgIpc) is 2.15. The third kappa shape index (κ3) is 5.21. The lowest BCUT2D eigenvalue weighted by Crippen LogP contribution is -2.38. The monoisotopic (exact) mass is 220 g/mol. The molecule has 84 valence electrons. The van der Waals surface area contributed by atoms with Gasteiger partial charge in [0.15, 0.2) is 0 Å². The first kappa shape index (κ1) is 13.4. The lowest BCUT2D eigenvalue weighted by atomic mass is 10.3. The maximum Gasteiger partial charge on any atom is 0.317 e. The Morgan fingerprint density at radius 1 is 1.57 bits per heavy atom. The van der Waals surface area contributed by atoms with Gasteiger partial charge in [-0.2, -0.15) is 0 Å². The van der Waals surface area contributed by atoms with Gasteiger partial charge < -0.3 is 10.2 Å². The highest BCUT2D eigenvalue weighted by Gasteiger charge is 2.08. The number of hydrogen-bond acceptors (Lipinski definition) is 2. The van der Waals surface area contributed by atoms with Crippen LogP contribution in [0.15, 0.2) is 0 Å². The van der Waals surface area contributed by atoms with Crippen molar-refractivity contribution in [3.05, 3.63) is 0 Å². The zero-order chi connectivity index (χ0) is 11.1. The molecule has 1 N–H and O–H groups in total. The Kier molecular flexibility index (Phi) is 6.53. The van der Waals surface area contributed by atoms with Crippen molar-refractivity contribution in [2.24, 2.45) is 0 Å². The van der Waals surface area contributed by atoms with Crippen LogP contribution in [0.5, 0.6) is 0 Å². The summed E-state index contributed by atoms with van der Waals surface area (Å²) < 4.78 is 11.0. The van der Waals surface area contributed by atoms with Crippen molar-refractivity contribution in [1.29, 1.82) is 0 Å². The van der Waals surface area contributed by atoms with Gasteiger partial charge in [0.25, 0.3) is 0 Å². The van der Waals surface area contributed by atoms with Crippen molar-refractivity contribution >= 4 is 16.8 Å². The first-order valence-corrected chi connectivity index (χ1v) is 6.42. The lowest BCUT2D eigenvalue weighted by Gasteiger charge is -2.16. The van der Waals surface area contributed by atoms with Crippen LogP contribution in [0.4, 0.5) is 4.79 Å². The maximum atomic E-state index is 11.3. The van der Waals surface area contributed by atoms with E-state index in [0.29, 0.717) is 13.1 Å². The van der Waals surface area contributed by atoms with Gasteiger partial charge in [0.2, 0.25) is 0 Å². The summed E-state index contributed by atoms with van der Waals surface area (Å²) in [6, 6.07) is -0.0680. The summed E-state index contributed by atoms with van der Waals surface area (Å²) in [5.41, 5.74) is 0. The second-order valence-corrected chi connectivity index (χ2v) is 5.15. The van der Waals surface area contributed by atoms with Gasteiger partial charge >= 0.3 is 6.03 Å². The van der Waals surface area contributed by atoms with E-state index < -0.39 is 10.8 Å². The molecule has 0 spiro atoms. The highest BCUT2D eigenvalue weighted by molar-refractivity contribution is 7.84. The van der Waals surface area contributed by atoms with E-state index >= 15 is 0 Å². The van der Waals surface area contributed by atoms with Crippen LogP contribution in [0.25, 0.3) is 0 Å². The molecule has 14 heavy (non-hydrogen) atoms. The molecule has 0 rings (SSSR count). The fourth-order valence-electron chi connectivity index (χ4n) is 0.827. The summed E-state index contributed by atoms with van der Waals surface area (Å²) in [6.45, 7) is 5.13. The minimum absolute atomic E-state index is 0.0680. The molecule has 2 amide bonds. The number of carbonyl (C=O) groups excluding carboxylic acids is 1. The first-order valence-electron chi connectivity index (χ1n) is 4.80. The minimum atomic E-state index is -0.802. The molecule has 0 saturated carbocycles. The second kappa shape index (κ2) is 6.81. The van der Waals surface area contributed by atoms with E-state index in [1.165, 1.54) is 0 Å². The molecular weight excluding hydrogens is 200 g/mol. The lowest BCUT2D eigenvalue weighted by molar-refractivity contribution is 0.211. The fourth-order valence-corrected chi connectivity index (χ4v) is 1.28. The third-order valence-electron chi connectivity index (χ3n) is 2.21. The summed E-state index contributed by atoms with van der Waals surface area (Å²) in [7, 11) is 0.944. The van der Waals surface area contributed by atoms with Gasteiger partial charge in [-0.1, -0.05) is 6.92 Å². The van der Waals surface area contributed by atoms with Crippen molar-refractivity contribution in [3.63, 3.8) is 0 Å². The summed E-state index contributed by atoms with van der Waals surface area (Å²) in [6.07, 6.45) is 2.44. The molecule has 0 fully saturated rings. The van der Waals surface area contributed by atoms with E-state index in [2.05, 4.69) is 5.32 Å². The SMILES string of the molecule is CCN(C)C(=O)NCCC(C)S(C)=O. The van der Waals surface area contributed by atoms with Crippen molar-refractivity contribution in [2.45, 2.75) is 25.5 Å². The Bertz CT molecular complexity index is 209. The van der Waals surface area contributed by atoms with Crippen LogP contribution in [0.3, 0.4) is 0 Å². The van der Waals surface area contributed by atoms with Gasteiger partial charge in [-0.05, 0) is 13.3 Å². The molecule has 0 aliphatic carbocycles. The van der Waals surface area contributed by atoms with Crippen LogP contribution >= 0.6 is 0 Å². The van der Waals surface area contributed by atoms with Gasteiger partial charge in [-0.25, -0.2) is 4.79 Å². The van der Waals surface area contributed by atoms with Gasteiger partial charge in [0.1, 0.15) is 0 Å². The Labute approximate surface area is 88.5 Å². The van der Waals surface area contributed by atoms with Crippen LogP contribution < -0.4 is 5.32 Å². The Morgan fingerprint density at radius 2 is 2.14 bits per heavy atom. The summed E-state index contributed by atoms with van der Waals surface area (Å²) in [5, 5.41) is 2.91. The highest BCUT2D eigenvalue weighted by atomic mass is 32.2. The Balaban J connectivity index is 3.64. The minimum Gasteiger partial charge on any atom is -0.338 e. The third-order valence-corrected chi connectivity index (χ3v) is 3.58. The molecule has 0 heterocycles. The summed E-state index contributed by atoms with van der Waals surface area (Å²) in [4.78, 5) is 12.9. The van der Waals surface area contributed by atoms with Crippen molar-refractivity contribution in [2.75, 3.05) is 26.4 Å². The van der Waals surface area contributed by atoms with Gasteiger partial charge in [0, 0.05) is 42.4 Å². The van der Waals surface area contributed by atoms with Crippen LogP contribution in [-0.2, 0) is 10.8 Å². The highest BCUT2D eigenvalue weighted by Crippen LogP contribution is 1.97. The van der Waals surface area contributed by atoms with Crippen LogP contribution in [-0.4, -0.2) is 46.8 Å². The molecule has 0 aliphatic heterocycles. The van der Waals surface area contributed by atoms with Crippen molar-refractivity contribution in [3.8, 4) is 0 Å². The van der Waals surface area contributed by atoms with E-state index in [1.54, 1.807) is 18.2 Å². The second-order valence-electron chi connectivity index (χ2n) is 3.34. The molecule has 2 atom stereocenters. The Morgan fingerprint density at radius 3 is 2.57 bits per heavy atom. The molecule has 0 aliphatic rings. The summed E-state index contributed by atoms with van der Waals surface area (Å²) in [5.74, 6) is 0. The maximum absolute atomic E-state index is 11.3. The van der Waals surface area contributed by atoms with Crippen LogP contribution in [0.2, 0.25) is 0 Å². The van der Waals surface area contributed by atoms with E-state index in [-0.39, 0.29) is 11.3 Å². The first-order chi connectivity index (χ1) is 6.49. The molecule has 2 unspecified atom stereocenters. The largest absolute Gasteiger partial charge is 0.338 e. The molecule has 0 radical (unpaired) electrons. The van der Waals surface area contributed by atoms with Crippen LogP contribution in [0, 0.1) is 0 Å². The quantitative estimate of drug-likeness (QED) is 0.745. The number of urea groups is 1. The molecule has 0 aromatic heterocycles. The Hall–Kier alpha value is -0.580. The van der Waals surface area contributed by atoms with Crippen molar-refractivity contribution in [1.82, 2.24) is 10.2 Å². The molecule has 0 aromatic rings. The number of nitrogens with one attached hydrogen (secondary N) is 1. The smallest absolute Gasteiger partial charge is 0.317 e. The van der Waals surface area contributed by atoms with E-state index in [4.69, 9.17) is 0 Å². The molecule has 0 bridgehead atoms. The molecule has 0 aromatic carbocycles. The number of hydrogen-bond donors (Lipinski definition) is 1. The number of amides is 2. The van der Waals surface area contributed by atoms with E-state index in [0.717, 1.165) is 6.42 Å².